The van der Waals surface area contributed by atoms with Crippen LogP contribution in [0.15, 0.2) is 40.8 Å². The van der Waals surface area contributed by atoms with E-state index >= 15 is 0 Å². The van der Waals surface area contributed by atoms with Gasteiger partial charge in [0.1, 0.15) is 5.78 Å². The second-order valence-corrected chi connectivity index (χ2v) is 3.98. The molecule has 3 nitrogen and oxygen atoms in total. The third kappa shape index (κ3) is 2.97. The molecule has 1 aromatic heterocycles. The van der Waals surface area contributed by atoms with E-state index in [9.17, 15) is 4.79 Å². The second kappa shape index (κ2) is 4.87. The Morgan fingerprint density at radius 2 is 2.00 bits per heavy atom. The van der Waals surface area contributed by atoms with Gasteiger partial charge in [0, 0.05) is 6.42 Å². The van der Waals surface area contributed by atoms with Gasteiger partial charge in [-0.3, -0.25) is 4.79 Å². The Bertz CT molecular complexity index is 535. The van der Waals surface area contributed by atoms with Crippen molar-refractivity contribution in [1.29, 1.82) is 0 Å². The maximum absolute atomic E-state index is 11.1. The fourth-order valence-electron chi connectivity index (χ4n) is 1.69. The topological polar surface area (TPSA) is 41.3 Å². The Hall–Kier alpha value is -2.03. The van der Waals surface area contributed by atoms with E-state index in [-0.39, 0.29) is 5.78 Å². The predicted molar refractivity (Wildman–Crippen MR) is 65.5 cm³/mol. The van der Waals surface area contributed by atoms with Crippen LogP contribution < -0.4 is 0 Å². The van der Waals surface area contributed by atoms with Crippen molar-refractivity contribution in [2.45, 2.75) is 20.3 Å². The summed E-state index contributed by atoms with van der Waals surface area (Å²) >= 11 is 0. The summed E-state index contributed by atoms with van der Waals surface area (Å²) in [5.41, 5.74) is 1.74. The molecule has 86 valence electrons. The number of benzene rings is 1. The number of hydrogen-bond acceptors (Lipinski definition) is 2. The molecule has 0 aliphatic rings. The summed E-state index contributed by atoms with van der Waals surface area (Å²) < 4.78 is 5.56. The highest BCUT2D eigenvalue weighted by molar-refractivity contribution is 5.78. The molecule has 0 N–H and O–H groups in total. The summed E-state index contributed by atoms with van der Waals surface area (Å²) in [7, 11) is 0. The average Bonchev–Trinajstić information content (AvgIpc) is 2.28. The number of rotatable bonds is 3. The zero-order chi connectivity index (χ0) is 12.3. The Labute approximate surface area is 100 Å². The highest BCUT2D eigenvalue weighted by Crippen LogP contribution is 2.20. The van der Waals surface area contributed by atoms with Crippen LogP contribution in [0.25, 0.3) is 11.3 Å². The van der Waals surface area contributed by atoms with Crippen LogP contribution in [0.3, 0.4) is 0 Å². The molecular formula is C14H14NO2+. The smallest absolute Gasteiger partial charge is 0.300 e. The van der Waals surface area contributed by atoms with Gasteiger partial charge in [-0.05, 0) is 19.1 Å². The third-order valence-electron chi connectivity index (χ3n) is 2.34. The van der Waals surface area contributed by atoms with Gasteiger partial charge < -0.3 is 0 Å². The minimum Gasteiger partial charge on any atom is -0.300 e. The van der Waals surface area contributed by atoms with Crippen LogP contribution in [0.1, 0.15) is 18.5 Å². The quantitative estimate of drug-likeness (QED) is 0.758. The van der Waals surface area contributed by atoms with Crippen LogP contribution in [-0.4, -0.2) is 10.8 Å². The normalized spacial score (nSPS) is 10.2. The van der Waals surface area contributed by atoms with Crippen LogP contribution >= 0.6 is 0 Å². The fraction of sp³-hybridized carbons (Fsp3) is 0.214. The lowest BCUT2D eigenvalue weighted by Gasteiger charge is -1.96. The largest absolute Gasteiger partial charge is 0.424 e. The summed E-state index contributed by atoms with van der Waals surface area (Å²) in [4.78, 5) is 15.3. The van der Waals surface area contributed by atoms with Gasteiger partial charge in [-0.25, -0.2) is 0 Å². The molecule has 2 aromatic rings. The van der Waals surface area contributed by atoms with Crippen LogP contribution in [0, 0.1) is 6.92 Å². The summed E-state index contributed by atoms with van der Waals surface area (Å²) in [6.45, 7) is 3.35. The number of aryl methyl sites for hydroxylation is 1. The van der Waals surface area contributed by atoms with Gasteiger partial charge in [0.25, 0.3) is 0 Å². The first kappa shape index (κ1) is 11.5. The lowest BCUT2D eigenvalue weighted by molar-refractivity contribution is -0.116. The molecule has 0 bridgehead atoms. The standard InChI is InChI=1S/C14H14NO2/c1-10(16)8-13-9-14(17-11(2)15-13)12-6-4-3-5-7-12/h3-7,9H,8H2,1-2H3/q+1. The van der Waals surface area contributed by atoms with Gasteiger partial charge in [-0.15, -0.1) is 0 Å². The van der Waals surface area contributed by atoms with Crippen LogP contribution in [0.4, 0.5) is 0 Å². The molecule has 1 aromatic carbocycles. The number of carbonyl (C=O) groups excluding carboxylic acids is 1. The van der Waals surface area contributed by atoms with Gasteiger partial charge in [-0.2, -0.15) is 9.40 Å². The number of nitrogens with zero attached hydrogens (tertiary/aromatic N) is 1. The van der Waals surface area contributed by atoms with E-state index in [0.29, 0.717) is 12.3 Å². The number of hydrogen-bond donors (Lipinski definition) is 0. The molecule has 0 radical (unpaired) electrons. The molecule has 3 heteroatoms. The first-order valence-electron chi connectivity index (χ1n) is 5.50. The molecule has 1 heterocycles. The Morgan fingerprint density at radius 3 is 2.65 bits per heavy atom. The molecule has 0 aliphatic carbocycles. The summed E-state index contributed by atoms with van der Waals surface area (Å²) in [6.07, 6.45) is 0.344. The second-order valence-electron chi connectivity index (χ2n) is 3.98. The van der Waals surface area contributed by atoms with E-state index in [2.05, 4.69) is 4.98 Å². The Morgan fingerprint density at radius 1 is 1.29 bits per heavy atom. The van der Waals surface area contributed by atoms with E-state index in [1.807, 2.05) is 36.4 Å². The summed E-state index contributed by atoms with van der Waals surface area (Å²) in [6, 6.07) is 11.6. The van der Waals surface area contributed by atoms with Crippen molar-refractivity contribution in [3.05, 3.63) is 48.0 Å². The Kier molecular flexibility index (Phi) is 3.28. The van der Waals surface area contributed by atoms with E-state index in [1.54, 1.807) is 13.8 Å². The van der Waals surface area contributed by atoms with E-state index in [0.717, 1.165) is 17.0 Å². The highest BCUT2D eigenvalue weighted by atomic mass is 16.3. The summed E-state index contributed by atoms with van der Waals surface area (Å²) in [5, 5.41) is 0. The average molecular weight is 228 g/mol. The van der Waals surface area contributed by atoms with Crippen molar-refractivity contribution in [3.8, 4) is 11.3 Å². The monoisotopic (exact) mass is 228 g/mol. The number of Topliss-reactive ketones (excluding diaryl/α,β-unsaturated/α-hetero) is 1. The van der Waals surface area contributed by atoms with Gasteiger partial charge in [0.15, 0.2) is 0 Å². The minimum absolute atomic E-state index is 0.0992. The molecule has 0 aliphatic heterocycles. The highest BCUT2D eigenvalue weighted by Gasteiger charge is 2.16. The number of carbonyl (C=O) groups is 1. The van der Waals surface area contributed by atoms with Gasteiger partial charge in [0.05, 0.1) is 24.2 Å². The van der Waals surface area contributed by atoms with Crippen molar-refractivity contribution in [3.63, 3.8) is 0 Å². The van der Waals surface area contributed by atoms with Crippen LogP contribution in [0.5, 0.6) is 0 Å². The zero-order valence-electron chi connectivity index (χ0n) is 9.93. The molecule has 0 saturated heterocycles. The van der Waals surface area contributed by atoms with E-state index < -0.39 is 0 Å². The molecular weight excluding hydrogens is 214 g/mol. The molecule has 0 saturated carbocycles. The van der Waals surface area contributed by atoms with Crippen molar-refractivity contribution in [2.24, 2.45) is 0 Å². The van der Waals surface area contributed by atoms with Crippen molar-refractivity contribution in [1.82, 2.24) is 4.98 Å². The number of aromatic nitrogens is 1. The van der Waals surface area contributed by atoms with Crippen molar-refractivity contribution in [2.75, 3.05) is 0 Å². The summed E-state index contributed by atoms with van der Waals surface area (Å²) in [5.74, 6) is 1.42. The maximum atomic E-state index is 11.1. The van der Waals surface area contributed by atoms with Crippen LogP contribution in [0.2, 0.25) is 0 Å². The molecule has 2 rings (SSSR count). The van der Waals surface area contributed by atoms with Gasteiger partial charge in [0.2, 0.25) is 0 Å². The molecule has 0 spiro atoms. The Balaban J connectivity index is 2.42. The lowest BCUT2D eigenvalue weighted by Crippen LogP contribution is -2.00. The number of ketones is 1. The molecule has 0 unspecified atom stereocenters. The molecule has 17 heavy (non-hydrogen) atoms. The SMILES string of the molecule is CC(=O)Cc1cc(-c2ccccc2)[o+]c(C)n1. The maximum Gasteiger partial charge on any atom is 0.424 e. The fourth-order valence-corrected chi connectivity index (χ4v) is 1.69. The first-order chi connectivity index (χ1) is 8.15. The van der Waals surface area contributed by atoms with Gasteiger partial charge >= 0.3 is 11.7 Å². The first-order valence-corrected chi connectivity index (χ1v) is 5.50. The van der Waals surface area contributed by atoms with E-state index in [1.165, 1.54) is 0 Å². The predicted octanol–water partition coefficient (Wildman–Crippen LogP) is 3.06. The third-order valence-corrected chi connectivity index (χ3v) is 2.34. The van der Waals surface area contributed by atoms with Crippen molar-refractivity contribution < 1.29 is 9.21 Å². The molecule has 0 amide bonds. The van der Waals surface area contributed by atoms with Crippen molar-refractivity contribution >= 4 is 5.78 Å². The zero-order valence-corrected chi connectivity index (χ0v) is 9.93. The van der Waals surface area contributed by atoms with Crippen LogP contribution in [-0.2, 0) is 11.2 Å². The van der Waals surface area contributed by atoms with Gasteiger partial charge in [-0.1, -0.05) is 18.2 Å². The molecule has 0 atom stereocenters. The molecule has 0 fully saturated rings. The lowest BCUT2D eigenvalue weighted by atomic mass is 10.1. The van der Waals surface area contributed by atoms with E-state index in [4.69, 9.17) is 4.42 Å². The minimum atomic E-state index is 0.0992.